The third-order valence-corrected chi connectivity index (χ3v) is 2.31. The van der Waals surface area contributed by atoms with Gasteiger partial charge in [-0.15, -0.1) is 0 Å². The fourth-order valence-corrected chi connectivity index (χ4v) is 1.37. The van der Waals surface area contributed by atoms with Gasteiger partial charge in [0.2, 0.25) is 0 Å². The number of rotatable bonds is 4. The molecule has 0 aliphatic carbocycles. The second-order valence-electron chi connectivity index (χ2n) is 3.25. The number of hydrogen-bond donors (Lipinski definition) is 1. The van der Waals surface area contributed by atoms with Crippen LogP contribution in [0.25, 0.3) is 0 Å². The predicted octanol–water partition coefficient (Wildman–Crippen LogP) is 1.19. The third kappa shape index (κ3) is 2.35. The Morgan fingerprint density at radius 2 is 1.61 bits per heavy atom. The molecule has 7 heteroatoms. The van der Waals surface area contributed by atoms with Gasteiger partial charge in [0.25, 0.3) is 0 Å². The van der Waals surface area contributed by atoms with Crippen molar-refractivity contribution in [3.8, 4) is 11.5 Å². The first-order valence-electron chi connectivity index (χ1n) is 4.83. The lowest BCUT2D eigenvalue weighted by molar-refractivity contribution is -0.151. The molecule has 0 fully saturated rings. The van der Waals surface area contributed by atoms with E-state index in [1.807, 2.05) is 0 Å². The van der Waals surface area contributed by atoms with Gasteiger partial charge in [-0.05, 0) is 0 Å². The first-order chi connectivity index (χ1) is 8.47. The first-order valence-corrected chi connectivity index (χ1v) is 4.83. The van der Waals surface area contributed by atoms with Gasteiger partial charge in [0, 0.05) is 6.07 Å². The van der Waals surface area contributed by atoms with Crippen molar-refractivity contribution in [2.45, 2.75) is 6.10 Å². The van der Waals surface area contributed by atoms with Crippen LogP contribution in [0, 0.1) is 11.6 Å². The topological polar surface area (TPSA) is 65.0 Å². The van der Waals surface area contributed by atoms with E-state index in [1.165, 1.54) is 0 Å². The van der Waals surface area contributed by atoms with E-state index < -0.39 is 29.3 Å². The lowest BCUT2D eigenvalue weighted by Gasteiger charge is -2.15. The summed E-state index contributed by atoms with van der Waals surface area (Å²) >= 11 is 0. The molecule has 18 heavy (non-hydrogen) atoms. The molecule has 5 nitrogen and oxygen atoms in total. The summed E-state index contributed by atoms with van der Waals surface area (Å²) in [7, 11) is 3.30. The first kappa shape index (κ1) is 14.2. The van der Waals surface area contributed by atoms with Gasteiger partial charge >= 0.3 is 5.97 Å². The fraction of sp³-hybridized carbons (Fsp3) is 0.364. The Balaban J connectivity index is 3.45. The number of halogens is 2. The average molecular weight is 262 g/mol. The molecule has 0 heterocycles. The molecule has 1 aromatic carbocycles. The van der Waals surface area contributed by atoms with Gasteiger partial charge in [-0.25, -0.2) is 13.6 Å². The van der Waals surface area contributed by atoms with Gasteiger partial charge in [-0.3, -0.25) is 0 Å². The van der Waals surface area contributed by atoms with Crippen LogP contribution in [0.5, 0.6) is 11.5 Å². The Kier molecular flexibility index (Phi) is 4.43. The van der Waals surface area contributed by atoms with Gasteiger partial charge in [0.1, 0.15) is 0 Å². The number of methoxy groups -OCH3 is 3. The minimum absolute atomic E-state index is 0.355. The molecule has 0 saturated carbocycles. The second-order valence-corrected chi connectivity index (χ2v) is 3.25. The van der Waals surface area contributed by atoms with Crippen LogP contribution in [0.2, 0.25) is 0 Å². The summed E-state index contributed by atoms with van der Waals surface area (Å²) in [6.07, 6.45) is -2.10. The zero-order chi connectivity index (χ0) is 13.9. The molecule has 1 N–H and O–H groups in total. The second kappa shape index (κ2) is 5.63. The van der Waals surface area contributed by atoms with Gasteiger partial charge in [0.05, 0.1) is 26.9 Å². The maximum absolute atomic E-state index is 13.8. The van der Waals surface area contributed by atoms with E-state index in [0.29, 0.717) is 0 Å². The van der Waals surface area contributed by atoms with E-state index >= 15 is 0 Å². The van der Waals surface area contributed by atoms with Crippen molar-refractivity contribution in [1.29, 1.82) is 0 Å². The molecule has 0 aromatic heterocycles. The van der Waals surface area contributed by atoms with E-state index in [9.17, 15) is 18.7 Å². The molecule has 0 spiro atoms. The molecule has 0 amide bonds. The molecular formula is C11H12F2O5. The number of aliphatic hydroxyl groups is 1. The Labute approximate surface area is 102 Å². The SMILES string of the molecule is COC(=O)C(O)c1c(F)c(OC)cc(OC)c1F. The number of ether oxygens (including phenoxy) is 3. The van der Waals surface area contributed by atoms with E-state index in [-0.39, 0.29) is 11.5 Å². The summed E-state index contributed by atoms with van der Waals surface area (Å²) in [5.41, 5.74) is -0.877. The lowest BCUT2D eigenvalue weighted by atomic mass is 10.1. The summed E-state index contributed by atoms with van der Waals surface area (Å²) in [6, 6.07) is 0.970. The van der Waals surface area contributed by atoms with Crippen LogP contribution in [0.4, 0.5) is 8.78 Å². The van der Waals surface area contributed by atoms with Crippen molar-refractivity contribution in [2.75, 3.05) is 21.3 Å². The summed E-state index contributed by atoms with van der Waals surface area (Å²) in [4.78, 5) is 11.1. The van der Waals surface area contributed by atoms with Crippen LogP contribution in [0.3, 0.4) is 0 Å². The molecule has 0 bridgehead atoms. The molecule has 0 aliphatic heterocycles. The van der Waals surface area contributed by atoms with Crippen molar-refractivity contribution < 1.29 is 32.9 Å². The van der Waals surface area contributed by atoms with E-state index in [1.54, 1.807) is 0 Å². The quantitative estimate of drug-likeness (QED) is 0.826. The normalized spacial score (nSPS) is 11.9. The number of hydrogen-bond acceptors (Lipinski definition) is 5. The highest BCUT2D eigenvalue weighted by atomic mass is 19.1. The molecule has 1 unspecified atom stereocenters. The minimum Gasteiger partial charge on any atom is -0.494 e. The maximum atomic E-state index is 13.8. The minimum atomic E-state index is -2.10. The van der Waals surface area contributed by atoms with Gasteiger partial charge in [0.15, 0.2) is 29.2 Å². The number of carbonyl (C=O) groups is 1. The van der Waals surface area contributed by atoms with Crippen LogP contribution in [0.1, 0.15) is 11.7 Å². The average Bonchev–Trinajstić information content (AvgIpc) is 2.38. The van der Waals surface area contributed by atoms with Gasteiger partial charge in [-0.2, -0.15) is 0 Å². The van der Waals surface area contributed by atoms with E-state index in [4.69, 9.17) is 0 Å². The molecule has 0 saturated heterocycles. The van der Waals surface area contributed by atoms with Crippen molar-refractivity contribution in [3.05, 3.63) is 23.3 Å². The number of esters is 1. The van der Waals surface area contributed by atoms with Crippen LogP contribution in [-0.2, 0) is 9.53 Å². The van der Waals surface area contributed by atoms with E-state index in [2.05, 4.69) is 14.2 Å². The maximum Gasteiger partial charge on any atom is 0.339 e. The van der Waals surface area contributed by atoms with Crippen LogP contribution >= 0.6 is 0 Å². The Hall–Kier alpha value is -1.89. The highest BCUT2D eigenvalue weighted by molar-refractivity contribution is 5.76. The summed E-state index contributed by atoms with van der Waals surface area (Å²) in [5, 5.41) is 9.52. The van der Waals surface area contributed by atoms with Crippen LogP contribution < -0.4 is 9.47 Å². The largest absolute Gasteiger partial charge is 0.494 e. The number of aliphatic hydroxyl groups excluding tert-OH is 1. The molecule has 0 aliphatic rings. The van der Waals surface area contributed by atoms with E-state index in [0.717, 1.165) is 27.4 Å². The van der Waals surface area contributed by atoms with Crippen molar-refractivity contribution >= 4 is 5.97 Å². The molecule has 0 radical (unpaired) electrons. The molecule has 1 aromatic rings. The molecule has 100 valence electrons. The van der Waals surface area contributed by atoms with Crippen LogP contribution in [0.15, 0.2) is 6.07 Å². The highest BCUT2D eigenvalue weighted by Crippen LogP contribution is 2.34. The Morgan fingerprint density at radius 3 is 1.94 bits per heavy atom. The van der Waals surface area contributed by atoms with Crippen molar-refractivity contribution in [3.63, 3.8) is 0 Å². The zero-order valence-electron chi connectivity index (χ0n) is 9.99. The third-order valence-electron chi connectivity index (χ3n) is 2.31. The molecule has 1 atom stereocenters. The standard InChI is InChI=1S/C11H12F2O5/c1-16-5-4-6(17-2)9(13)7(8(5)12)10(14)11(15)18-3/h4,10,14H,1-3H3. The number of benzene rings is 1. The van der Waals surface area contributed by atoms with Crippen LogP contribution in [-0.4, -0.2) is 32.4 Å². The van der Waals surface area contributed by atoms with Crippen molar-refractivity contribution in [1.82, 2.24) is 0 Å². The van der Waals surface area contributed by atoms with Gasteiger partial charge in [-0.1, -0.05) is 0 Å². The molecule has 1 rings (SSSR count). The fourth-order valence-electron chi connectivity index (χ4n) is 1.37. The summed E-state index contributed by atoms with van der Waals surface area (Å²) < 4.78 is 41.2. The highest BCUT2D eigenvalue weighted by Gasteiger charge is 2.30. The lowest BCUT2D eigenvalue weighted by Crippen LogP contribution is -2.17. The Bertz CT molecular complexity index is 433. The molecular weight excluding hydrogens is 250 g/mol. The smallest absolute Gasteiger partial charge is 0.339 e. The summed E-state index contributed by atoms with van der Waals surface area (Å²) in [5.74, 6) is -4.28. The Morgan fingerprint density at radius 1 is 1.17 bits per heavy atom. The number of carbonyl (C=O) groups excluding carboxylic acids is 1. The zero-order valence-corrected chi connectivity index (χ0v) is 9.99. The van der Waals surface area contributed by atoms with Gasteiger partial charge < -0.3 is 19.3 Å². The summed E-state index contributed by atoms with van der Waals surface area (Å²) in [6.45, 7) is 0. The van der Waals surface area contributed by atoms with Crippen molar-refractivity contribution in [2.24, 2.45) is 0 Å². The predicted molar refractivity (Wildman–Crippen MR) is 56.4 cm³/mol. The monoisotopic (exact) mass is 262 g/mol.